The predicted octanol–water partition coefficient (Wildman–Crippen LogP) is 20.8. The highest BCUT2D eigenvalue weighted by atomic mass is 15.1. The third kappa shape index (κ3) is 52.4. The van der Waals surface area contributed by atoms with Gasteiger partial charge in [-0.05, 0) is 71.4 Å². The van der Waals surface area contributed by atoms with Crippen LogP contribution in [0, 0.1) is 0 Å². The van der Waals surface area contributed by atoms with Gasteiger partial charge >= 0.3 is 0 Å². The fourth-order valence-electron chi connectivity index (χ4n) is 9.89. The van der Waals surface area contributed by atoms with Crippen molar-refractivity contribution in [1.29, 1.82) is 0 Å². The minimum Gasteiger partial charge on any atom is -0.303 e. The molecule has 0 aliphatic rings. The summed E-state index contributed by atoms with van der Waals surface area (Å²) >= 11 is 0. The Morgan fingerprint density at radius 3 is 0.393 bits per heavy atom. The number of hydrogen-bond acceptors (Lipinski definition) is 2. The number of nitrogens with zero attached hydrogens (tertiary/aromatic N) is 2. The van der Waals surface area contributed by atoms with Gasteiger partial charge in [0, 0.05) is 0 Å². The molecule has 0 amide bonds. The maximum Gasteiger partial charge on any atom is -0.000655 e. The third-order valence-corrected chi connectivity index (χ3v) is 14.3. The van der Waals surface area contributed by atoms with Crippen molar-refractivity contribution in [3.63, 3.8) is 0 Å². The molecule has 0 aromatic heterocycles. The summed E-state index contributed by atoms with van der Waals surface area (Å²) in [6.45, 7) is 17.4. The average molecular weight is 860 g/mol. The Kier molecular flexibility index (Phi) is 56.0. The summed E-state index contributed by atoms with van der Waals surface area (Å²) in [4.78, 5) is 5.83. The maximum atomic E-state index is 2.92. The van der Waals surface area contributed by atoms with Gasteiger partial charge < -0.3 is 9.80 Å². The largest absolute Gasteiger partial charge is 0.303 e. The molecule has 0 bridgehead atoms. The van der Waals surface area contributed by atoms with Crippen LogP contribution in [0.2, 0.25) is 0 Å². The van der Waals surface area contributed by atoms with Gasteiger partial charge in [-0.1, -0.05) is 310 Å². The van der Waals surface area contributed by atoms with E-state index in [2.05, 4.69) is 37.5 Å². The minimum absolute atomic E-state index is 1.34. The molecule has 0 aliphatic heterocycles. The molecule has 2 nitrogen and oxygen atoms in total. The van der Waals surface area contributed by atoms with Gasteiger partial charge in [0.15, 0.2) is 0 Å². The van der Waals surface area contributed by atoms with Crippen LogP contribution in [-0.4, -0.2) is 49.1 Å². The van der Waals surface area contributed by atoms with Gasteiger partial charge in [0.25, 0.3) is 0 Å². The smallest absolute Gasteiger partial charge is 0.000655 e. The summed E-state index contributed by atoms with van der Waals surface area (Å²) in [5.41, 5.74) is 0. The van der Waals surface area contributed by atoms with Gasteiger partial charge in [-0.2, -0.15) is 0 Å². The quantitative estimate of drug-likeness (QED) is 0.0562. The zero-order valence-electron chi connectivity index (χ0n) is 43.8. The van der Waals surface area contributed by atoms with E-state index in [1.165, 1.54) is 354 Å². The molecule has 0 aliphatic carbocycles. The molecule has 0 aromatic rings. The fourth-order valence-corrected chi connectivity index (χ4v) is 9.89. The lowest BCUT2D eigenvalue weighted by atomic mass is 10.0. The molecule has 0 unspecified atom stereocenters. The van der Waals surface area contributed by atoms with Crippen molar-refractivity contribution in [2.75, 3.05) is 39.3 Å². The van der Waals surface area contributed by atoms with E-state index in [0.29, 0.717) is 0 Å². The van der Waals surface area contributed by atoms with Gasteiger partial charge in [0.05, 0.1) is 0 Å². The summed E-state index contributed by atoms with van der Waals surface area (Å²) in [6, 6.07) is 0. The molecule has 2 heteroatoms. The van der Waals surface area contributed by atoms with Crippen LogP contribution >= 0.6 is 0 Å². The van der Waals surface area contributed by atoms with Gasteiger partial charge in [0.2, 0.25) is 0 Å². The first-order valence-corrected chi connectivity index (χ1v) is 29.7. The molecular weight excluding hydrogens is 737 g/mol. The summed E-state index contributed by atoms with van der Waals surface area (Å²) in [6.07, 6.45) is 71.3. The zero-order chi connectivity index (χ0) is 44.0. The van der Waals surface area contributed by atoms with Gasteiger partial charge in [0.1, 0.15) is 0 Å². The Labute approximate surface area is 389 Å². The number of rotatable bonds is 56. The van der Waals surface area contributed by atoms with E-state index in [-0.39, 0.29) is 0 Å². The van der Waals surface area contributed by atoms with Crippen molar-refractivity contribution in [3.8, 4) is 0 Å². The lowest BCUT2D eigenvalue weighted by Gasteiger charge is -2.26. The first-order valence-electron chi connectivity index (χ1n) is 29.7. The van der Waals surface area contributed by atoms with Gasteiger partial charge in [-0.3, -0.25) is 0 Å². The Morgan fingerprint density at radius 1 is 0.131 bits per heavy atom. The van der Waals surface area contributed by atoms with Crippen LogP contribution in [0.5, 0.6) is 0 Å². The molecule has 0 N–H and O–H groups in total. The van der Waals surface area contributed by atoms with Crippen LogP contribution in [0.15, 0.2) is 0 Å². The number of hydrogen-bond donors (Lipinski definition) is 0. The Bertz CT molecular complexity index is 620. The van der Waals surface area contributed by atoms with Crippen molar-refractivity contribution in [2.45, 2.75) is 342 Å². The Hall–Kier alpha value is -0.0800. The van der Waals surface area contributed by atoms with Gasteiger partial charge in [-0.15, -0.1) is 0 Å². The van der Waals surface area contributed by atoms with Crippen LogP contribution in [0.3, 0.4) is 0 Å². The van der Waals surface area contributed by atoms with Crippen molar-refractivity contribution in [1.82, 2.24) is 9.80 Å². The van der Waals surface area contributed by atoms with Crippen LogP contribution in [0.1, 0.15) is 342 Å². The summed E-state index contributed by atoms with van der Waals surface area (Å²) in [7, 11) is 0. The molecule has 0 aromatic carbocycles. The van der Waals surface area contributed by atoms with Gasteiger partial charge in [-0.25, -0.2) is 0 Å². The van der Waals surface area contributed by atoms with E-state index in [4.69, 9.17) is 0 Å². The Balaban J connectivity index is 4.70. The molecule has 0 atom stereocenters. The lowest BCUT2D eigenvalue weighted by Crippen LogP contribution is -2.32. The van der Waals surface area contributed by atoms with Crippen molar-refractivity contribution in [2.24, 2.45) is 0 Å². The lowest BCUT2D eigenvalue weighted by molar-refractivity contribution is 0.215. The van der Waals surface area contributed by atoms with Crippen molar-refractivity contribution >= 4 is 0 Å². The Morgan fingerprint density at radius 2 is 0.246 bits per heavy atom. The maximum absolute atomic E-state index is 2.92. The normalized spacial score (nSPS) is 11.9. The monoisotopic (exact) mass is 859 g/mol. The standard InChI is InChI=1S/C59H122N2/c1-5-9-13-17-21-25-29-33-37-41-45-49-54-60(55-50-46-42-38-34-30-26-22-18-14-10-6-2)58-53-59-61(56-51-47-43-39-35-31-27-23-19-15-11-7-3)57-52-48-44-40-36-32-28-24-20-16-12-8-4/h5-59H2,1-4H3. The van der Waals surface area contributed by atoms with Crippen LogP contribution in [0.25, 0.3) is 0 Å². The third-order valence-electron chi connectivity index (χ3n) is 14.3. The van der Waals surface area contributed by atoms with Crippen LogP contribution < -0.4 is 0 Å². The summed E-state index contributed by atoms with van der Waals surface area (Å²) in [5, 5.41) is 0. The summed E-state index contributed by atoms with van der Waals surface area (Å²) < 4.78 is 0. The molecule has 0 saturated carbocycles. The molecule has 0 radical (unpaired) electrons. The molecular formula is C59H122N2. The van der Waals surface area contributed by atoms with E-state index in [9.17, 15) is 0 Å². The fraction of sp³-hybridized carbons (Fsp3) is 1.00. The molecule has 0 saturated heterocycles. The molecule has 0 heterocycles. The highest BCUT2D eigenvalue weighted by Gasteiger charge is 2.09. The number of unbranched alkanes of at least 4 members (excludes halogenated alkanes) is 44. The highest BCUT2D eigenvalue weighted by Crippen LogP contribution is 2.17. The summed E-state index contributed by atoms with van der Waals surface area (Å²) in [5.74, 6) is 0. The second-order valence-electron chi connectivity index (χ2n) is 20.6. The van der Waals surface area contributed by atoms with Crippen LogP contribution in [-0.2, 0) is 0 Å². The second-order valence-corrected chi connectivity index (χ2v) is 20.6. The average Bonchev–Trinajstić information content (AvgIpc) is 3.27. The van der Waals surface area contributed by atoms with Crippen molar-refractivity contribution in [3.05, 3.63) is 0 Å². The van der Waals surface area contributed by atoms with Crippen molar-refractivity contribution < 1.29 is 0 Å². The first-order chi connectivity index (χ1) is 30.3. The zero-order valence-corrected chi connectivity index (χ0v) is 43.8. The van der Waals surface area contributed by atoms with E-state index >= 15 is 0 Å². The molecule has 0 spiro atoms. The molecule has 61 heavy (non-hydrogen) atoms. The van der Waals surface area contributed by atoms with E-state index in [1.54, 1.807) is 0 Å². The minimum atomic E-state index is 1.34. The van der Waals surface area contributed by atoms with E-state index in [1.807, 2.05) is 0 Å². The molecule has 368 valence electrons. The SMILES string of the molecule is CCCCCCCCCCCCCCN(CCCCCCCCCCCCCC)CCCN(CCCCCCCCCCCCCC)CCCCCCCCCCCCCC. The van der Waals surface area contributed by atoms with E-state index < -0.39 is 0 Å². The molecule has 0 fully saturated rings. The second kappa shape index (κ2) is 56.1. The topological polar surface area (TPSA) is 6.48 Å². The predicted molar refractivity (Wildman–Crippen MR) is 282 cm³/mol. The molecule has 0 rings (SSSR count). The highest BCUT2D eigenvalue weighted by molar-refractivity contribution is 4.65. The van der Waals surface area contributed by atoms with E-state index in [0.717, 1.165) is 0 Å². The first kappa shape index (κ1) is 60.9. The van der Waals surface area contributed by atoms with Crippen LogP contribution in [0.4, 0.5) is 0 Å².